The Balaban J connectivity index is 1.44. The quantitative estimate of drug-likeness (QED) is 0.845. The van der Waals surface area contributed by atoms with Gasteiger partial charge in [-0.25, -0.2) is 0 Å². The number of amides is 2. The molecule has 0 radical (unpaired) electrons. The van der Waals surface area contributed by atoms with E-state index in [9.17, 15) is 9.59 Å². The van der Waals surface area contributed by atoms with E-state index in [2.05, 4.69) is 10.6 Å². The highest BCUT2D eigenvalue weighted by Gasteiger charge is 2.20. The van der Waals surface area contributed by atoms with Gasteiger partial charge < -0.3 is 15.5 Å². The van der Waals surface area contributed by atoms with Crippen LogP contribution >= 0.6 is 0 Å². The largest absolute Gasteiger partial charge is 0.338 e. The van der Waals surface area contributed by atoms with Crippen LogP contribution < -0.4 is 10.6 Å². The molecule has 0 aromatic heterocycles. The Labute approximate surface area is 137 Å². The topological polar surface area (TPSA) is 61.4 Å². The molecule has 3 rings (SSSR count). The van der Waals surface area contributed by atoms with Gasteiger partial charge in [-0.05, 0) is 56.0 Å². The molecule has 5 heteroatoms. The molecule has 23 heavy (non-hydrogen) atoms. The second-order valence-electron chi connectivity index (χ2n) is 6.56. The van der Waals surface area contributed by atoms with Crippen LogP contribution in [0.3, 0.4) is 0 Å². The molecule has 1 aromatic rings. The summed E-state index contributed by atoms with van der Waals surface area (Å²) in [7, 11) is 0. The van der Waals surface area contributed by atoms with Crippen molar-refractivity contribution in [3.05, 3.63) is 29.8 Å². The van der Waals surface area contributed by atoms with E-state index in [0.717, 1.165) is 43.7 Å². The first-order valence-electron chi connectivity index (χ1n) is 8.58. The summed E-state index contributed by atoms with van der Waals surface area (Å²) in [5.41, 5.74) is 1.94. The number of anilines is 1. The molecular formula is C18H25N3O2. The summed E-state index contributed by atoms with van der Waals surface area (Å²) in [5.74, 6) is 0.962. The van der Waals surface area contributed by atoms with E-state index < -0.39 is 0 Å². The number of nitrogens with one attached hydrogen (secondary N) is 2. The van der Waals surface area contributed by atoms with Gasteiger partial charge in [0.1, 0.15) is 0 Å². The van der Waals surface area contributed by atoms with Gasteiger partial charge in [-0.1, -0.05) is 12.1 Å². The summed E-state index contributed by atoms with van der Waals surface area (Å²) >= 11 is 0. The van der Waals surface area contributed by atoms with Crippen molar-refractivity contribution in [1.29, 1.82) is 0 Å². The SMILES string of the molecule is O=C(CCC1CCNC1)Nc1ccc(CN2CCCC2=O)cc1. The fourth-order valence-corrected chi connectivity index (χ4v) is 3.30. The van der Waals surface area contributed by atoms with E-state index in [1.165, 1.54) is 6.42 Å². The van der Waals surface area contributed by atoms with E-state index in [4.69, 9.17) is 0 Å². The molecule has 2 fully saturated rings. The zero-order chi connectivity index (χ0) is 16.1. The van der Waals surface area contributed by atoms with Crippen LogP contribution in [0.4, 0.5) is 5.69 Å². The Bertz CT molecular complexity index is 550. The van der Waals surface area contributed by atoms with Gasteiger partial charge in [0.25, 0.3) is 0 Å². The van der Waals surface area contributed by atoms with Crippen molar-refractivity contribution >= 4 is 17.5 Å². The molecule has 0 bridgehead atoms. The van der Waals surface area contributed by atoms with Crippen molar-refractivity contribution < 1.29 is 9.59 Å². The van der Waals surface area contributed by atoms with E-state index in [1.54, 1.807) is 0 Å². The lowest BCUT2D eigenvalue weighted by atomic mass is 10.0. The highest BCUT2D eigenvalue weighted by molar-refractivity contribution is 5.90. The first-order chi connectivity index (χ1) is 11.2. The minimum atomic E-state index is 0.0828. The maximum Gasteiger partial charge on any atom is 0.224 e. The average Bonchev–Trinajstić information content (AvgIpc) is 3.20. The third-order valence-electron chi connectivity index (χ3n) is 4.72. The minimum Gasteiger partial charge on any atom is -0.338 e. The summed E-state index contributed by atoms with van der Waals surface area (Å²) in [5, 5.41) is 6.28. The highest BCUT2D eigenvalue weighted by Crippen LogP contribution is 2.18. The number of hydrogen-bond donors (Lipinski definition) is 2. The fraction of sp³-hybridized carbons (Fsp3) is 0.556. The van der Waals surface area contributed by atoms with Gasteiger partial charge in [0.15, 0.2) is 0 Å². The van der Waals surface area contributed by atoms with Crippen molar-refractivity contribution in [3.8, 4) is 0 Å². The number of carbonyl (C=O) groups is 2. The lowest BCUT2D eigenvalue weighted by Crippen LogP contribution is -2.23. The van der Waals surface area contributed by atoms with E-state index >= 15 is 0 Å². The molecular weight excluding hydrogens is 290 g/mol. The number of hydrogen-bond acceptors (Lipinski definition) is 3. The fourth-order valence-electron chi connectivity index (χ4n) is 3.30. The van der Waals surface area contributed by atoms with Gasteiger partial charge in [-0.15, -0.1) is 0 Å². The van der Waals surface area contributed by atoms with Crippen LogP contribution in [0, 0.1) is 5.92 Å². The number of likely N-dealkylation sites (tertiary alicyclic amines) is 1. The van der Waals surface area contributed by atoms with Gasteiger partial charge in [0.05, 0.1) is 0 Å². The summed E-state index contributed by atoms with van der Waals surface area (Å²) in [6.45, 7) is 3.64. The van der Waals surface area contributed by atoms with Crippen LogP contribution in [0.1, 0.15) is 37.7 Å². The summed E-state index contributed by atoms with van der Waals surface area (Å²) in [4.78, 5) is 25.5. The van der Waals surface area contributed by atoms with Crippen molar-refractivity contribution in [1.82, 2.24) is 10.2 Å². The molecule has 0 aliphatic carbocycles. The molecule has 1 aromatic carbocycles. The van der Waals surface area contributed by atoms with Gasteiger partial charge in [-0.3, -0.25) is 9.59 Å². The molecule has 5 nitrogen and oxygen atoms in total. The lowest BCUT2D eigenvalue weighted by molar-refractivity contribution is -0.128. The standard InChI is InChI=1S/C18H25N3O2/c22-17(8-5-14-9-10-19-12-14)20-16-6-3-15(4-7-16)13-21-11-1-2-18(21)23/h3-4,6-7,14,19H,1-2,5,8-13H2,(H,20,22). The second-order valence-corrected chi connectivity index (χ2v) is 6.56. The van der Waals surface area contributed by atoms with Gasteiger partial charge in [-0.2, -0.15) is 0 Å². The van der Waals surface area contributed by atoms with E-state index in [0.29, 0.717) is 25.3 Å². The Morgan fingerprint density at radius 1 is 1.30 bits per heavy atom. The maximum atomic E-state index is 12.0. The normalized spacial score (nSPS) is 21.0. The van der Waals surface area contributed by atoms with Crippen LogP contribution in [0.25, 0.3) is 0 Å². The zero-order valence-corrected chi connectivity index (χ0v) is 13.5. The Morgan fingerprint density at radius 2 is 2.13 bits per heavy atom. The predicted octanol–water partition coefficient (Wildman–Crippen LogP) is 2.14. The van der Waals surface area contributed by atoms with Crippen LogP contribution in [0.2, 0.25) is 0 Å². The molecule has 124 valence electrons. The van der Waals surface area contributed by atoms with Crippen LogP contribution in [0.5, 0.6) is 0 Å². The maximum absolute atomic E-state index is 12.0. The molecule has 2 amide bonds. The molecule has 1 atom stereocenters. The average molecular weight is 315 g/mol. The molecule has 2 aliphatic rings. The smallest absolute Gasteiger partial charge is 0.224 e. The number of carbonyl (C=O) groups excluding carboxylic acids is 2. The molecule has 2 aliphatic heterocycles. The number of benzene rings is 1. The number of rotatable bonds is 6. The Morgan fingerprint density at radius 3 is 2.78 bits per heavy atom. The third kappa shape index (κ3) is 4.55. The van der Waals surface area contributed by atoms with Gasteiger partial charge in [0, 0.05) is 31.6 Å². The first-order valence-corrected chi connectivity index (χ1v) is 8.58. The monoisotopic (exact) mass is 315 g/mol. The first kappa shape index (κ1) is 16.0. The van der Waals surface area contributed by atoms with Gasteiger partial charge >= 0.3 is 0 Å². The third-order valence-corrected chi connectivity index (χ3v) is 4.72. The summed E-state index contributed by atoms with van der Waals surface area (Å²) in [6, 6.07) is 7.82. The summed E-state index contributed by atoms with van der Waals surface area (Å²) < 4.78 is 0. The lowest BCUT2D eigenvalue weighted by Gasteiger charge is -2.15. The van der Waals surface area contributed by atoms with Crippen molar-refractivity contribution in [2.75, 3.05) is 25.0 Å². The van der Waals surface area contributed by atoms with Crippen molar-refractivity contribution in [2.24, 2.45) is 5.92 Å². The van der Waals surface area contributed by atoms with Crippen LogP contribution in [0.15, 0.2) is 24.3 Å². The molecule has 2 saturated heterocycles. The molecule has 2 heterocycles. The Kier molecular flexibility index (Phi) is 5.28. The van der Waals surface area contributed by atoms with Crippen LogP contribution in [-0.2, 0) is 16.1 Å². The number of nitrogens with zero attached hydrogens (tertiary/aromatic N) is 1. The molecule has 2 N–H and O–H groups in total. The van der Waals surface area contributed by atoms with Crippen molar-refractivity contribution in [3.63, 3.8) is 0 Å². The molecule has 0 spiro atoms. The van der Waals surface area contributed by atoms with E-state index in [-0.39, 0.29) is 11.8 Å². The molecule has 0 saturated carbocycles. The van der Waals surface area contributed by atoms with Gasteiger partial charge in [0.2, 0.25) is 11.8 Å². The molecule has 1 unspecified atom stereocenters. The summed E-state index contributed by atoms with van der Waals surface area (Å²) in [6.07, 6.45) is 4.34. The van der Waals surface area contributed by atoms with Crippen molar-refractivity contribution in [2.45, 2.75) is 38.6 Å². The minimum absolute atomic E-state index is 0.0828. The predicted molar refractivity (Wildman–Crippen MR) is 89.9 cm³/mol. The van der Waals surface area contributed by atoms with Crippen LogP contribution in [-0.4, -0.2) is 36.3 Å². The van der Waals surface area contributed by atoms with E-state index in [1.807, 2.05) is 29.2 Å². The highest BCUT2D eigenvalue weighted by atomic mass is 16.2. The Hall–Kier alpha value is -1.88. The zero-order valence-electron chi connectivity index (χ0n) is 13.5. The second kappa shape index (κ2) is 7.59.